The summed E-state index contributed by atoms with van der Waals surface area (Å²) < 4.78 is 25.4. The smallest absolute Gasteiger partial charge is 0.772 e. The first-order chi connectivity index (χ1) is 5.60. The molecule has 1 rings (SSSR count). The van der Waals surface area contributed by atoms with Gasteiger partial charge in [0.15, 0.2) is 0 Å². The van der Waals surface area contributed by atoms with Gasteiger partial charge in [-0.15, -0.1) is 0 Å². The van der Waals surface area contributed by atoms with Gasteiger partial charge in [-0.1, -0.05) is 17.5 Å². The molecule has 1 aliphatic rings. The van der Waals surface area contributed by atoms with Crippen LogP contribution in [-0.2, 0) is 20.6 Å². The van der Waals surface area contributed by atoms with Crippen molar-refractivity contribution in [3.8, 4) is 0 Å². The van der Waals surface area contributed by atoms with Crippen molar-refractivity contribution in [2.45, 2.75) is 19.3 Å². The molecule has 0 spiro atoms. The molecule has 6 heteroatoms. The number of carbonyl (C=O) groups is 1. The molecule has 0 aromatic rings. The fourth-order valence-corrected chi connectivity index (χ4v) is 2.31. The summed E-state index contributed by atoms with van der Waals surface area (Å²) in [5, 5.41) is 0. The Morgan fingerprint density at radius 3 is 2.38 bits per heavy atom. The summed E-state index contributed by atoms with van der Waals surface area (Å²) >= 11 is -2.16. The number of hydrogen-bond donors (Lipinski definition) is 0. The van der Waals surface area contributed by atoms with Crippen molar-refractivity contribution in [2.75, 3.05) is 12.9 Å². The molecular formula is C7H11NaO4S. The Balaban J connectivity index is 0.00000144. The summed E-state index contributed by atoms with van der Waals surface area (Å²) in [5.74, 6) is -0.488. The van der Waals surface area contributed by atoms with Gasteiger partial charge in [-0.05, 0) is 12.8 Å². The molecule has 0 N–H and O–H groups in total. The van der Waals surface area contributed by atoms with Crippen molar-refractivity contribution in [2.24, 2.45) is 5.41 Å². The Kier molecular flexibility index (Phi) is 5.70. The minimum Gasteiger partial charge on any atom is -0.772 e. The van der Waals surface area contributed by atoms with Crippen molar-refractivity contribution in [1.82, 2.24) is 0 Å². The zero-order valence-electron chi connectivity index (χ0n) is 7.87. The molecule has 0 aromatic carbocycles. The molecule has 1 atom stereocenters. The first kappa shape index (κ1) is 13.6. The second kappa shape index (κ2) is 5.46. The summed E-state index contributed by atoms with van der Waals surface area (Å²) in [6.45, 7) is 0. The summed E-state index contributed by atoms with van der Waals surface area (Å²) in [6, 6.07) is 0. The summed E-state index contributed by atoms with van der Waals surface area (Å²) in [5.41, 5.74) is -0.721. The van der Waals surface area contributed by atoms with E-state index >= 15 is 0 Å². The van der Waals surface area contributed by atoms with E-state index in [1.807, 2.05) is 0 Å². The number of methoxy groups -OCH3 is 1. The normalized spacial score (nSPS) is 20.8. The van der Waals surface area contributed by atoms with Crippen molar-refractivity contribution in [1.29, 1.82) is 0 Å². The summed E-state index contributed by atoms with van der Waals surface area (Å²) in [6.07, 6.45) is 2.17. The van der Waals surface area contributed by atoms with Crippen LogP contribution in [0.3, 0.4) is 0 Å². The second-order valence-corrected chi connectivity index (χ2v) is 3.97. The predicted molar refractivity (Wildman–Crippen MR) is 42.1 cm³/mol. The van der Waals surface area contributed by atoms with Gasteiger partial charge < -0.3 is 9.29 Å². The monoisotopic (exact) mass is 214 g/mol. The molecule has 0 saturated heterocycles. The first-order valence-electron chi connectivity index (χ1n) is 3.75. The van der Waals surface area contributed by atoms with Gasteiger partial charge in [0.05, 0.1) is 12.5 Å². The number of hydrogen-bond acceptors (Lipinski definition) is 4. The van der Waals surface area contributed by atoms with Crippen LogP contribution in [0, 0.1) is 5.41 Å². The maximum Gasteiger partial charge on any atom is 1.00 e. The summed E-state index contributed by atoms with van der Waals surface area (Å²) in [7, 11) is 1.29. The Bertz CT molecular complexity index is 215. The van der Waals surface area contributed by atoms with Crippen LogP contribution in [0.2, 0.25) is 0 Å². The van der Waals surface area contributed by atoms with E-state index in [0.29, 0.717) is 12.8 Å². The van der Waals surface area contributed by atoms with Crippen LogP contribution in [0.25, 0.3) is 0 Å². The molecule has 1 fully saturated rings. The topological polar surface area (TPSA) is 66.4 Å². The van der Waals surface area contributed by atoms with Crippen LogP contribution in [0.1, 0.15) is 19.3 Å². The fraction of sp³-hybridized carbons (Fsp3) is 0.857. The third kappa shape index (κ3) is 3.02. The van der Waals surface area contributed by atoms with Gasteiger partial charge in [0.1, 0.15) is 0 Å². The number of ether oxygens (including phenoxy) is 1. The third-order valence-corrected chi connectivity index (χ3v) is 3.11. The third-order valence-electron chi connectivity index (χ3n) is 2.32. The van der Waals surface area contributed by atoms with Crippen molar-refractivity contribution >= 4 is 17.0 Å². The Morgan fingerprint density at radius 2 is 2.15 bits per heavy atom. The molecular weight excluding hydrogens is 203 g/mol. The van der Waals surface area contributed by atoms with Crippen LogP contribution in [0.5, 0.6) is 0 Å². The van der Waals surface area contributed by atoms with Gasteiger partial charge >= 0.3 is 35.5 Å². The molecule has 4 nitrogen and oxygen atoms in total. The molecule has 0 heterocycles. The van der Waals surface area contributed by atoms with Crippen LogP contribution >= 0.6 is 0 Å². The van der Waals surface area contributed by atoms with E-state index in [1.54, 1.807) is 0 Å². The van der Waals surface area contributed by atoms with Gasteiger partial charge in [0, 0.05) is 5.75 Å². The summed E-state index contributed by atoms with van der Waals surface area (Å²) in [4.78, 5) is 11.2. The molecule has 70 valence electrons. The van der Waals surface area contributed by atoms with E-state index < -0.39 is 22.5 Å². The molecule has 0 bridgehead atoms. The van der Waals surface area contributed by atoms with E-state index in [4.69, 9.17) is 0 Å². The van der Waals surface area contributed by atoms with E-state index in [1.165, 1.54) is 7.11 Å². The van der Waals surface area contributed by atoms with Gasteiger partial charge in [-0.2, -0.15) is 0 Å². The maximum atomic E-state index is 11.2. The predicted octanol–water partition coefficient (Wildman–Crippen LogP) is -2.79. The fourth-order valence-electron chi connectivity index (χ4n) is 1.45. The van der Waals surface area contributed by atoms with Crippen LogP contribution < -0.4 is 29.6 Å². The molecule has 0 amide bonds. The molecule has 0 radical (unpaired) electrons. The molecule has 1 aliphatic carbocycles. The molecule has 0 aromatic heterocycles. The zero-order chi connectivity index (χ0) is 9.19. The van der Waals surface area contributed by atoms with E-state index in [0.717, 1.165) is 6.42 Å². The number of carbonyl (C=O) groups excluding carboxylic acids is 1. The van der Waals surface area contributed by atoms with Crippen molar-refractivity contribution in [3.63, 3.8) is 0 Å². The van der Waals surface area contributed by atoms with Gasteiger partial charge in [0.25, 0.3) is 0 Å². The Labute approximate surface area is 102 Å². The van der Waals surface area contributed by atoms with Crippen LogP contribution in [0.4, 0.5) is 0 Å². The van der Waals surface area contributed by atoms with Gasteiger partial charge in [-0.3, -0.25) is 9.00 Å². The van der Waals surface area contributed by atoms with E-state index in [-0.39, 0.29) is 35.3 Å². The average Bonchev–Trinajstić information content (AvgIpc) is 1.95. The van der Waals surface area contributed by atoms with Gasteiger partial charge in [-0.25, -0.2) is 0 Å². The van der Waals surface area contributed by atoms with Gasteiger partial charge in [0.2, 0.25) is 0 Å². The average molecular weight is 214 g/mol. The number of rotatable bonds is 3. The minimum absolute atomic E-state index is 0. The molecule has 13 heavy (non-hydrogen) atoms. The Morgan fingerprint density at radius 1 is 1.62 bits per heavy atom. The van der Waals surface area contributed by atoms with E-state index in [9.17, 15) is 13.6 Å². The SMILES string of the molecule is COC(=O)C1(CS(=O)[O-])CCC1.[Na+]. The van der Waals surface area contributed by atoms with Crippen molar-refractivity contribution < 1.29 is 47.9 Å². The zero-order valence-corrected chi connectivity index (χ0v) is 10.7. The quantitative estimate of drug-likeness (QED) is 0.289. The molecule has 0 aliphatic heterocycles. The Hall–Kier alpha value is 0.580. The standard InChI is InChI=1S/C7H12O4S.Na/c1-11-6(8)7(3-2-4-7)5-12(9)10;/h2-5H2,1H3,(H,9,10);/q;+1/p-1. The van der Waals surface area contributed by atoms with Crippen LogP contribution in [-0.4, -0.2) is 27.6 Å². The van der Waals surface area contributed by atoms with E-state index in [2.05, 4.69) is 4.74 Å². The molecule has 1 unspecified atom stereocenters. The van der Waals surface area contributed by atoms with Crippen molar-refractivity contribution in [3.05, 3.63) is 0 Å². The largest absolute Gasteiger partial charge is 1.00 e. The first-order valence-corrected chi connectivity index (χ1v) is 4.99. The molecule has 1 saturated carbocycles. The second-order valence-electron chi connectivity index (χ2n) is 3.07. The minimum atomic E-state index is -2.16. The maximum absolute atomic E-state index is 11.2. The van der Waals surface area contributed by atoms with Crippen LogP contribution in [0.15, 0.2) is 0 Å². The number of esters is 1.